The average molecular weight is 247 g/mol. The minimum atomic E-state index is 0.0538. The van der Waals surface area contributed by atoms with Crippen LogP contribution in [0.4, 0.5) is 0 Å². The van der Waals surface area contributed by atoms with Gasteiger partial charge in [0, 0.05) is 26.1 Å². The number of nitrogens with one attached hydrogen (secondary N) is 2. The molecule has 1 amide bonds. The summed E-state index contributed by atoms with van der Waals surface area (Å²) in [5.41, 5.74) is 1.17. The Kier molecular flexibility index (Phi) is 5.08. The van der Waals surface area contributed by atoms with Crippen molar-refractivity contribution in [3.63, 3.8) is 0 Å². The molecule has 0 saturated carbocycles. The molecule has 3 nitrogen and oxygen atoms in total. The maximum Gasteiger partial charge on any atom is 0.221 e. The lowest BCUT2D eigenvalue weighted by Crippen LogP contribution is -2.26. The average Bonchev–Trinajstić information content (AvgIpc) is 2.64. The van der Waals surface area contributed by atoms with Crippen LogP contribution in [-0.2, 0) is 4.79 Å². The lowest BCUT2D eigenvalue weighted by atomic mass is 10.2. The molecule has 5 heteroatoms. The molecule has 1 aromatic rings. The first-order chi connectivity index (χ1) is 7.13. The summed E-state index contributed by atoms with van der Waals surface area (Å²) in [6, 6.07) is 2.18. The van der Waals surface area contributed by atoms with Gasteiger partial charge in [0.25, 0.3) is 0 Å². The van der Waals surface area contributed by atoms with Crippen molar-refractivity contribution >= 4 is 28.8 Å². The van der Waals surface area contributed by atoms with Gasteiger partial charge in [-0.3, -0.25) is 4.79 Å². The van der Waals surface area contributed by atoms with Crippen LogP contribution in [0.5, 0.6) is 0 Å². The summed E-state index contributed by atoms with van der Waals surface area (Å²) < 4.78 is 0.796. The van der Waals surface area contributed by atoms with E-state index in [0.717, 1.165) is 4.34 Å². The molecule has 1 aromatic heterocycles. The lowest BCUT2D eigenvalue weighted by molar-refractivity contribution is -0.120. The van der Waals surface area contributed by atoms with Gasteiger partial charge in [0.05, 0.1) is 4.34 Å². The van der Waals surface area contributed by atoms with E-state index >= 15 is 0 Å². The number of hydrogen-bond acceptors (Lipinski definition) is 3. The maximum atomic E-state index is 11.0. The lowest BCUT2D eigenvalue weighted by Gasteiger charge is -2.11. The summed E-state index contributed by atoms with van der Waals surface area (Å²) in [4.78, 5) is 11.0. The highest BCUT2D eigenvalue weighted by atomic mass is 35.5. The van der Waals surface area contributed by atoms with E-state index in [1.165, 1.54) is 16.9 Å². The Morgan fingerprint density at radius 3 is 2.93 bits per heavy atom. The van der Waals surface area contributed by atoms with Crippen molar-refractivity contribution in [2.75, 3.05) is 13.6 Å². The van der Waals surface area contributed by atoms with E-state index in [1.807, 2.05) is 11.4 Å². The van der Waals surface area contributed by atoms with Crippen molar-refractivity contribution in [2.45, 2.75) is 19.4 Å². The highest BCUT2D eigenvalue weighted by Gasteiger charge is 2.07. The first kappa shape index (κ1) is 12.5. The second-order valence-electron chi connectivity index (χ2n) is 3.28. The fraction of sp³-hybridized carbons (Fsp3) is 0.500. The molecule has 1 atom stereocenters. The molecule has 0 saturated heterocycles. The molecular formula is C10H15ClN2OS. The van der Waals surface area contributed by atoms with Crippen LogP contribution in [0.3, 0.4) is 0 Å². The van der Waals surface area contributed by atoms with Gasteiger partial charge in [-0.15, -0.1) is 11.3 Å². The zero-order valence-corrected chi connectivity index (χ0v) is 10.4. The van der Waals surface area contributed by atoms with Crippen LogP contribution in [0.15, 0.2) is 11.4 Å². The van der Waals surface area contributed by atoms with E-state index in [-0.39, 0.29) is 11.9 Å². The molecule has 1 unspecified atom stereocenters. The van der Waals surface area contributed by atoms with Crippen molar-refractivity contribution in [3.8, 4) is 0 Å². The molecule has 15 heavy (non-hydrogen) atoms. The van der Waals surface area contributed by atoms with E-state index in [1.54, 1.807) is 7.05 Å². The first-order valence-corrected chi connectivity index (χ1v) is 6.07. The van der Waals surface area contributed by atoms with Crippen molar-refractivity contribution in [3.05, 3.63) is 21.3 Å². The molecule has 0 bridgehead atoms. The van der Waals surface area contributed by atoms with Crippen LogP contribution in [0, 0.1) is 0 Å². The van der Waals surface area contributed by atoms with Gasteiger partial charge in [0.2, 0.25) is 5.91 Å². The quantitative estimate of drug-likeness (QED) is 0.836. The summed E-state index contributed by atoms with van der Waals surface area (Å²) in [5, 5.41) is 7.88. The van der Waals surface area contributed by atoms with Gasteiger partial charge in [0.1, 0.15) is 0 Å². The second-order valence-corrected chi connectivity index (χ2v) is 4.83. The number of carbonyl (C=O) groups is 1. The van der Waals surface area contributed by atoms with Crippen LogP contribution in [0.1, 0.15) is 24.9 Å². The molecule has 0 aliphatic rings. The highest BCUT2D eigenvalue weighted by Crippen LogP contribution is 2.24. The van der Waals surface area contributed by atoms with Gasteiger partial charge in [-0.05, 0) is 23.9 Å². The van der Waals surface area contributed by atoms with Gasteiger partial charge >= 0.3 is 0 Å². The van der Waals surface area contributed by atoms with Crippen LogP contribution >= 0.6 is 22.9 Å². The molecule has 0 radical (unpaired) electrons. The third-order valence-electron chi connectivity index (χ3n) is 2.17. The van der Waals surface area contributed by atoms with Crippen LogP contribution in [0.25, 0.3) is 0 Å². The van der Waals surface area contributed by atoms with Crippen LogP contribution < -0.4 is 10.6 Å². The van der Waals surface area contributed by atoms with Gasteiger partial charge in [0.15, 0.2) is 0 Å². The minimum absolute atomic E-state index is 0.0538. The summed E-state index contributed by atoms with van der Waals surface area (Å²) in [7, 11) is 1.64. The fourth-order valence-corrected chi connectivity index (χ4v) is 2.18. The Balaban J connectivity index is 2.30. The zero-order valence-electron chi connectivity index (χ0n) is 8.84. The molecule has 1 heterocycles. The molecule has 84 valence electrons. The summed E-state index contributed by atoms with van der Waals surface area (Å²) >= 11 is 7.36. The number of amides is 1. The first-order valence-electron chi connectivity index (χ1n) is 4.81. The topological polar surface area (TPSA) is 41.1 Å². The van der Waals surface area contributed by atoms with Crippen molar-refractivity contribution in [1.82, 2.24) is 10.6 Å². The van der Waals surface area contributed by atoms with Crippen LogP contribution in [-0.4, -0.2) is 19.5 Å². The highest BCUT2D eigenvalue weighted by molar-refractivity contribution is 7.14. The summed E-state index contributed by atoms with van der Waals surface area (Å²) in [5.74, 6) is 0.0538. The van der Waals surface area contributed by atoms with Crippen LogP contribution in [0.2, 0.25) is 4.34 Å². The second kappa shape index (κ2) is 6.10. The molecular weight excluding hydrogens is 232 g/mol. The molecule has 0 spiro atoms. The molecule has 0 aliphatic heterocycles. The third-order valence-corrected chi connectivity index (χ3v) is 3.28. The van der Waals surface area contributed by atoms with Gasteiger partial charge in [-0.2, -0.15) is 0 Å². The zero-order chi connectivity index (χ0) is 11.3. The Morgan fingerprint density at radius 2 is 2.40 bits per heavy atom. The minimum Gasteiger partial charge on any atom is -0.359 e. The van der Waals surface area contributed by atoms with Crippen molar-refractivity contribution < 1.29 is 4.79 Å². The van der Waals surface area contributed by atoms with Crippen molar-refractivity contribution in [2.24, 2.45) is 0 Å². The summed E-state index contributed by atoms with van der Waals surface area (Å²) in [6.07, 6.45) is 0.499. The number of halogens is 1. The number of hydrogen-bond donors (Lipinski definition) is 2. The normalized spacial score (nSPS) is 12.5. The van der Waals surface area contributed by atoms with E-state index < -0.39 is 0 Å². The van der Waals surface area contributed by atoms with Gasteiger partial charge in [-0.1, -0.05) is 11.6 Å². The van der Waals surface area contributed by atoms with E-state index in [9.17, 15) is 4.79 Å². The summed E-state index contributed by atoms with van der Waals surface area (Å²) in [6.45, 7) is 2.73. The maximum absolute atomic E-state index is 11.0. The number of thiophene rings is 1. The van der Waals surface area contributed by atoms with E-state index in [0.29, 0.717) is 13.0 Å². The number of carbonyl (C=O) groups excluding carboxylic acids is 1. The van der Waals surface area contributed by atoms with Crippen molar-refractivity contribution in [1.29, 1.82) is 0 Å². The van der Waals surface area contributed by atoms with Gasteiger partial charge < -0.3 is 10.6 Å². The fourth-order valence-electron chi connectivity index (χ4n) is 1.20. The Morgan fingerprint density at radius 1 is 1.67 bits per heavy atom. The predicted octanol–water partition coefficient (Wildman–Crippen LogP) is 2.19. The smallest absolute Gasteiger partial charge is 0.221 e. The molecule has 0 aliphatic carbocycles. The van der Waals surface area contributed by atoms with E-state index in [4.69, 9.17) is 11.6 Å². The number of rotatable bonds is 5. The third kappa shape index (κ3) is 4.20. The Labute approximate surface area is 98.8 Å². The Bertz CT molecular complexity index is 327. The standard InChI is InChI=1S/C10H15ClN2OS/c1-7(8-5-9(11)15-6-8)13-4-3-10(14)12-2/h5-7,13H,3-4H2,1-2H3,(H,12,14). The largest absolute Gasteiger partial charge is 0.359 e. The molecule has 0 fully saturated rings. The monoisotopic (exact) mass is 246 g/mol. The van der Waals surface area contributed by atoms with E-state index in [2.05, 4.69) is 17.6 Å². The molecule has 1 rings (SSSR count). The predicted molar refractivity (Wildman–Crippen MR) is 64.4 cm³/mol. The SMILES string of the molecule is CNC(=O)CCNC(C)c1csc(Cl)c1. The molecule has 2 N–H and O–H groups in total. The van der Waals surface area contributed by atoms with Gasteiger partial charge in [-0.25, -0.2) is 0 Å². The Hall–Kier alpha value is -0.580. The molecule has 0 aromatic carbocycles.